The molecular weight excluding hydrogens is 635 g/mol. The van der Waals surface area contributed by atoms with Crippen LogP contribution in [0.4, 0.5) is 24.5 Å². The Morgan fingerprint density at radius 3 is 2.10 bits per heavy atom. The van der Waals surface area contributed by atoms with Gasteiger partial charge in [0, 0.05) is 76.0 Å². The number of fused-ring (bicyclic) bond motifs is 1. The maximum Gasteiger partial charge on any atom is 0.490 e. The second-order valence-corrected chi connectivity index (χ2v) is 12.1. The molecule has 2 N–H and O–H groups in total. The highest BCUT2D eigenvalue weighted by atomic mass is 19.4. The Labute approximate surface area is 282 Å². The standard InChI is InChI=1S/C34H35N7O.C2HF3O2/c1-24-19-25(2)30(20-29(24)23-38-11-13-39(14-12-38)31-6-4-3-5-27(31)21-35)34(42)41-17-15-40(16-18-41)33-28(22-36)8-7-26-9-10-37-32(26)33;3-2(4,5)1(6)7/h3-10,19-20,37H,11-18,23H2,1-2H3;(H,6,7). The molecule has 49 heavy (non-hydrogen) atoms. The van der Waals surface area contributed by atoms with Gasteiger partial charge in [0.05, 0.1) is 28.0 Å². The minimum Gasteiger partial charge on any atom is -0.475 e. The van der Waals surface area contributed by atoms with Crippen LogP contribution in [0.1, 0.15) is 38.2 Å². The van der Waals surface area contributed by atoms with E-state index in [4.69, 9.17) is 9.90 Å². The highest BCUT2D eigenvalue weighted by molar-refractivity contribution is 5.97. The Morgan fingerprint density at radius 1 is 0.837 bits per heavy atom. The summed E-state index contributed by atoms with van der Waals surface area (Å²) < 4.78 is 31.7. The number of amides is 1. The lowest BCUT2D eigenvalue weighted by molar-refractivity contribution is -0.192. The van der Waals surface area contributed by atoms with Crippen molar-refractivity contribution in [3.63, 3.8) is 0 Å². The number of halogens is 3. The molecule has 3 heterocycles. The maximum atomic E-state index is 13.8. The normalized spacial score (nSPS) is 15.3. The van der Waals surface area contributed by atoms with Gasteiger partial charge in [0.25, 0.3) is 5.91 Å². The predicted octanol–water partition coefficient (Wildman–Crippen LogP) is 5.45. The quantitative estimate of drug-likeness (QED) is 0.287. The fraction of sp³-hybridized carbons (Fsp3) is 0.333. The summed E-state index contributed by atoms with van der Waals surface area (Å²) in [5, 5.41) is 27.4. The van der Waals surface area contributed by atoms with Crippen LogP contribution < -0.4 is 9.80 Å². The monoisotopic (exact) mass is 671 g/mol. The smallest absolute Gasteiger partial charge is 0.475 e. The van der Waals surface area contributed by atoms with Crippen LogP contribution in [0.25, 0.3) is 10.9 Å². The summed E-state index contributed by atoms with van der Waals surface area (Å²) >= 11 is 0. The van der Waals surface area contributed by atoms with Crippen LogP contribution in [0.15, 0.2) is 60.8 Å². The van der Waals surface area contributed by atoms with Gasteiger partial charge in [-0.05, 0) is 60.9 Å². The van der Waals surface area contributed by atoms with E-state index in [0.717, 1.165) is 71.7 Å². The molecule has 0 bridgehead atoms. The van der Waals surface area contributed by atoms with Gasteiger partial charge in [0.1, 0.15) is 12.1 Å². The number of aromatic amines is 1. The predicted molar refractivity (Wildman–Crippen MR) is 179 cm³/mol. The molecule has 10 nitrogen and oxygen atoms in total. The minimum absolute atomic E-state index is 0.0740. The average molecular weight is 672 g/mol. The number of aromatic nitrogens is 1. The van der Waals surface area contributed by atoms with Gasteiger partial charge >= 0.3 is 12.1 Å². The molecule has 2 aliphatic rings. The van der Waals surface area contributed by atoms with Gasteiger partial charge in [-0.3, -0.25) is 9.69 Å². The van der Waals surface area contributed by atoms with E-state index >= 15 is 0 Å². The number of nitrogens with one attached hydrogen (secondary N) is 1. The number of carbonyl (C=O) groups excluding carboxylic acids is 1. The van der Waals surface area contributed by atoms with Crippen molar-refractivity contribution < 1.29 is 27.9 Å². The number of aliphatic carboxylic acids is 1. The molecule has 3 aromatic carbocycles. The first-order valence-electron chi connectivity index (χ1n) is 15.8. The number of nitrogens with zero attached hydrogens (tertiary/aromatic N) is 6. The van der Waals surface area contributed by atoms with Crippen molar-refractivity contribution in [2.45, 2.75) is 26.6 Å². The number of anilines is 2. The Balaban J connectivity index is 0.000000606. The molecule has 0 saturated carbocycles. The Kier molecular flexibility index (Phi) is 10.4. The number of carboxylic acids is 1. The number of nitriles is 2. The van der Waals surface area contributed by atoms with Crippen molar-refractivity contribution in [3.05, 3.63) is 94.2 Å². The van der Waals surface area contributed by atoms with E-state index in [1.165, 1.54) is 11.1 Å². The summed E-state index contributed by atoms with van der Waals surface area (Å²) in [7, 11) is 0. The first-order chi connectivity index (χ1) is 23.4. The molecule has 0 atom stereocenters. The van der Waals surface area contributed by atoms with Gasteiger partial charge in [-0.1, -0.05) is 24.3 Å². The van der Waals surface area contributed by atoms with Crippen LogP contribution in [-0.4, -0.2) is 90.3 Å². The van der Waals surface area contributed by atoms with Gasteiger partial charge in [0.15, 0.2) is 0 Å². The summed E-state index contributed by atoms with van der Waals surface area (Å²) in [6.45, 7) is 11.0. The van der Waals surface area contributed by atoms with Crippen molar-refractivity contribution in [1.82, 2.24) is 14.8 Å². The third-order valence-corrected chi connectivity index (χ3v) is 8.99. The van der Waals surface area contributed by atoms with Crippen molar-refractivity contribution in [2.24, 2.45) is 0 Å². The molecule has 4 aromatic rings. The van der Waals surface area contributed by atoms with Gasteiger partial charge in [-0.25, -0.2) is 4.79 Å². The minimum atomic E-state index is -5.08. The van der Waals surface area contributed by atoms with E-state index in [2.05, 4.69) is 50.9 Å². The number of H-pyrrole nitrogens is 1. The number of para-hydroxylation sites is 1. The van der Waals surface area contributed by atoms with Crippen LogP contribution in [0.5, 0.6) is 0 Å². The first kappa shape index (κ1) is 34.8. The molecule has 6 rings (SSSR count). The lowest BCUT2D eigenvalue weighted by Gasteiger charge is -2.37. The second kappa shape index (κ2) is 14.7. The summed E-state index contributed by atoms with van der Waals surface area (Å²) in [6, 6.07) is 22.6. The molecule has 13 heteroatoms. The number of hydrogen-bond donors (Lipinski definition) is 2. The van der Waals surface area contributed by atoms with Crippen molar-refractivity contribution >= 4 is 34.2 Å². The summed E-state index contributed by atoms with van der Waals surface area (Å²) in [5.74, 6) is -2.68. The fourth-order valence-electron chi connectivity index (χ4n) is 6.36. The first-order valence-corrected chi connectivity index (χ1v) is 15.8. The van der Waals surface area contributed by atoms with Crippen molar-refractivity contribution in [3.8, 4) is 12.1 Å². The highest BCUT2D eigenvalue weighted by Gasteiger charge is 2.38. The largest absolute Gasteiger partial charge is 0.490 e. The lowest BCUT2D eigenvalue weighted by atomic mass is 9.98. The maximum absolute atomic E-state index is 13.8. The second-order valence-electron chi connectivity index (χ2n) is 12.1. The fourth-order valence-corrected chi connectivity index (χ4v) is 6.36. The summed E-state index contributed by atoms with van der Waals surface area (Å²) in [4.78, 5) is 34.9. The number of rotatable bonds is 5. The Hall–Kier alpha value is -5.53. The molecule has 2 aliphatic heterocycles. The number of benzene rings is 3. The number of alkyl halides is 3. The third-order valence-electron chi connectivity index (χ3n) is 8.99. The SMILES string of the molecule is Cc1cc(C)c(C(=O)N2CCN(c3c(C#N)ccc4cc[nH]c34)CC2)cc1CN1CCN(c2ccccc2C#N)CC1.O=C(O)C(F)(F)F. The number of hydrogen-bond acceptors (Lipinski definition) is 7. The topological polar surface area (TPSA) is 131 Å². The van der Waals surface area contributed by atoms with Crippen molar-refractivity contribution in [1.29, 1.82) is 10.5 Å². The van der Waals surface area contributed by atoms with E-state index in [9.17, 15) is 28.5 Å². The highest BCUT2D eigenvalue weighted by Crippen LogP contribution is 2.31. The Morgan fingerprint density at radius 2 is 1.47 bits per heavy atom. The van der Waals surface area contributed by atoms with Crippen LogP contribution >= 0.6 is 0 Å². The molecular formula is C36H36F3N7O3. The molecule has 254 valence electrons. The van der Waals surface area contributed by atoms with Gasteiger partial charge in [0.2, 0.25) is 0 Å². The number of carbonyl (C=O) groups is 2. The van der Waals surface area contributed by atoms with E-state index in [-0.39, 0.29) is 5.91 Å². The average Bonchev–Trinajstić information content (AvgIpc) is 3.58. The van der Waals surface area contributed by atoms with Crippen LogP contribution in [0, 0.1) is 36.5 Å². The zero-order valence-electron chi connectivity index (χ0n) is 27.2. The van der Waals surface area contributed by atoms with E-state index < -0.39 is 12.1 Å². The molecule has 1 amide bonds. The van der Waals surface area contributed by atoms with E-state index in [1.54, 1.807) is 0 Å². The van der Waals surface area contributed by atoms with Crippen LogP contribution in [0.3, 0.4) is 0 Å². The number of aryl methyl sites for hydroxylation is 2. The lowest BCUT2D eigenvalue weighted by Crippen LogP contribution is -2.49. The van der Waals surface area contributed by atoms with Gasteiger partial charge in [-0.15, -0.1) is 0 Å². The van der Waals surface area contributed by atoms with E-state index in [1.807, 2.05) is 60.5 Å². The zero-order valence-corrected chi connectivity index (χ0v) is 27.2. The molecule has 0 radical (unpaired) electrons. The third kappa shape index (κ3) is 7.79. The summed E-state index contributed by atoms with van der Waals surface area (Å²) in [5.41, 5.74) is 8.45. The molecule has 0 aliphatic carbocycles. The van der Waals surface area contributed by atoms with Crippen LogP contribution in [-0.2, 0) is 11.3 Å². The Bertz CT molecular complexity index is 1930. The van der Waals surface area contributed by atoms with Crippen LogP contribution in [0.2, 0.25) is 0 Å². The molecule has 0 spiro atoms. The van der Waals surface area contributed by atoms with Gasteiger partial charge in [-0.2, -0.15) is 23.7 Å². The molecule has 2 fully saturated rings. The molecule has 1 aromatic heterocycles. The zero-order chi connectivity index (χ0) is 35.3. The molecule has 0 unspecified atom stereocenters. The number of carboxylic acid groups (broad SMARTS) is 1. The van der Waals surface area contributed by atoms with E-state index in [0.29, 0.717) is 31.7 Å². The summed E-state index contributed by atoms with van der Waals surface area (Å²) in [6.07, 6.45) is -3.18. The molecule has 2 saturated heterocycles. The van der Waals surface area contributed by atoms with Gasteiger partial charge < -0.3 is 24.8 Å². The number of piperazine rings is 2. The van der Waals surface area contributed by atoms with Crippen molar-refractivity contribution in [2.75, 3.05) is 62.2 Å².